The van der Waals surface area contributed by atoms with Gasteiger partial charge in [-0.1, -0.05) is 0 Å². The number of hydrogen-bond acceptors (Lipinski definition) is 7. The summed E-state index contributed by atoms with van der Waals surface area (Å²) in [5, 5.41) is 43.8. The zero-order valence-electron chi connectivity index (χ0n) is 6.56. The van der Waals surface area contributed by atoms with Crippen LogP contribution in [0.15, 0.2) is 10.2 Å². The van der Waals surface area contributed by atoms with Gasteiger partial charge in [-0.2, -0.15) is 10.2 Å². The Morgan fingerprint density at radius 1 is 0.846 bits per heavy atom. The first-order valence-corrected chi connectivity index (χ1v) is 3.89. The smallest absolute Gasteiger partial charge is 0.209 e. The minimum atomic E-state index is -1.51. The summed E-state index contributed by atoms with van der Waals surface area (Å²) < 4.78 is 4.81. The van der Waals surface area contributed by atoms with Crippen molar-refractivity contribution in [2.45, 2.75) is 36.9 Å². The van der Waals surface area contributed by atoms with Gasteiger partial charge in [0.2, 0.25) is 6.17 Å². The van der Waals surface area contributed by atoms with E-state index < -0.39 is 36.9 Å². The van der Waals surface area contributed by atoms with Gasteiger partial charge < -0.3 is 25.2 Å². The van der Waals surface area contributed by atoms with E-state index in [4.69, 9.17) is 14.9 Å². The zero-order chi connectivity index (χ0) is 9.59. The van der Waals surface area contributed by atoms with Crippen molar-refractivity contribution in [3.63, 3.8) is 0 Å². The molecule has 4 N–H and O–H groups in total. The molecule has 0 amide bonds. The zero-order valence-corrected chi connectivity index (χ0v) is 6.56. The molecule has 1 saturated heterocycles. The summed E-state index contributed by atoms with van der Waals surface area (Å²) in [6.07, 6.45) is -7.11. The van der Waals surface area contributed by atoms with E-state index in [9.17, 15) is 10.2 Å². The SMILES string of the molecule is O[C@@H]1[C@@H](O)[C@H](O)O[C@H](C2N=N2)[C@@H]1O. The molecule has 7 nitrogen and oxygen atoms in total. The number of aliphatic hydroxyl groups excluding tert-OH is 4. The van der Waals surface area contributed by atoms with Crippen LogP contribution >= 0.6 is 0 Å². The fraction of sp³-hybridized carbons (Fsp3) is 1.00. The van der Waals surface area contributed by atoms with Crippen LogP contribution in [0.2, 0.25) is 0 Å². The van der Waals surface area contributed by atoms with Crippen LogP contribution in [0, 0.1) is 0 Å². The molecule has 0 saturated carbocycles. The van der Waals surface area contributed by atoms with Gasteiger partial charge in [0.25, 0.3) is 0 Å². The summed E-state index contributed by atoms with van der Waals surface area (Å²) in [5.74, 6) is 0. The first-order valence-electron chi connectivity index (χ1n) is 3.89. The van der Waals surface area contributed by atoms with Crippen molar-refractivity contribution < 1.29 is 25.2 Å². The highest BCUT2D eigenvalue weighted by molar-refractivity contribution is 4.96. The van der Waals surface area contributed by atoms with Gasteiger partial charge in [-0.05, 0) is 0 Å². The maximum absolute atomic E-state index is 9.37. The Hall–Kier alpha value is -0.600. The summed E-state index contributed by atoms with van der Waals surface area (Å²) in [4.78, 5) is 0. The second-order valence-electron chi connectivity index (χ2n) is 3.11. The standard InChI is InChI=1S/C6H10N2O5/c9-1-2(10)4(5-7-8-5)13-6(12)3(1)11/h1-6,9-12H/t1-,2+,3+,4-,6+/m0/s1. The van der Waals surface area contributed by atoms with Gasteiger partial charge in [-0.15, -0.1) is 0 Å². The third-order valence-corrected chi connectivity index (χ3v) is 2.17. The Morgan fingerprint density at radius 3 is 2.00 bits per heavy atom. The fourth-order valence-corrected chi connectivity index (χ4v) is 1.30. The highest BCUT2D eigenvalue weighted by Gasteiger charge is 2.48. The van der Waals surface area contributed by atoms with Crippen LogP contribution in [0.1, 0.15) is 0 Å². The van der Waals surface area contributed by atoms with E-state index in [2.05, 4.69) is 10.2 Å². The molecule has 0 aliphatic carbocycles. The molecule has 0 aromatic heterocycles. The van der Waals surface area contributed by atoms with Gasteiger partial charge in [0.05, 0.1) is 0 Å². The number of nitrogens with zero attached hydrogens (tertiary/aromatic N) is 2. The van der Waals surface area contributed by atoms with E-state index in [-0.39, 0.29) is 0 Å². The van der Waals surface area contributed by atoms with Crippen molar-refractivity contribution in [2.75, 3.05) is 0 Å². The van der Waals surface area contributed by atoms with Gasteiger partial charge >= 0.3 is 0 Å². The minimum absolute atomic E-state index is 0.535. The van der Waals surface area contributed by atoms with Crippen LogP contribution in [-0.4, -0.2) is 57.3 Å². The largest absolute Gasteiger partial charge is 0.387 e. The second-order valence-corrected chi connectivity index (χ2v) is 3.11. The normalized spacial score (nSPS) is 50.9. The Balaban J connectivity index is 2.05. The first kappa shape index (κ1) is 8.97. The summed E-state index contributed by atoms with van der Waals surface area (Å²) in [7, 11) is 0. The molecule has 0 bridgehead atoms. The fourth-order valence-electron chi connectivity index (χ4n) is 1.30. The van der Waals surface area contributed by atoms with Gasteiger partial charge in [0.15, 0.2) is 6.29 Å². The highest BCUT2D eigenvalue weighted by atomic mass is 16.6. The van der Waals surface area contributed by atoms with E-state index >= 15 is 0 Å². The van der Waals surface area contributed by atoms with E-state index in [1.807, 2.05) is 0 Å². The number of aliphatic hydroxyl groups is 4. The van der Waals surface area contributed by atoms with E-state index in [0.29, 0.717) is 0 Å². The van der Waals surface area contributed by atoms with E-state index in [0.717, 1.165) is 0 Å². The number of ether oxygens (including phenoxy) is 1. The third kappa shape index (κ3) is 1.45. The molecule has 13 heavy (non-hydrogen) atoms. The molecule has 0 spiro atoms. The predicted molar refractivity (Wildman–Crippen MR) is 37.5 cm³/mol. The lowest BCUT2D eigenvalue weighted by Crippen LogP contribution is -2.58. The van der Waals surface area contributed by atoms with Crippen molar-refractivity contribution in [3.8, 4) is 0 Å². The molecule has 1 fully saturated rings. The molecule has 2 heterocycles. The lowest BCUT2D eigenvalue weighted by molar-refractivity contribution is -0.281. The summed E-state index contributed by atoms with van der Waals surface area (Å²) in [5.41, 5.74) is 0. The third-order valence-electron chi connectivity index (χ3n) is 2.17. The Labute approximate surface area is 73.3 Å². The molecule has 2 rings (SSSR count). The highest BCUT2D eigenvalue weighted by Crippen LogP contribution is 2.28. The predicted octanol–water partition coefficient (Wildman–Crippen LogP) is -2.42. The number of hydrogen-bond donors (Lipinski definition) is 4. The first-order chi connectivity index (χ1) is 6.11. The van der Waals surface area contributed by atoms with Crippen LogP contribution in [0.5, 0.6) is 0 Å². The van der Waals surface area contributed by atoms with Crippen LogP contribution in [0.3, 0.4) is 0 Å². The summed E-state index contributed by atoms with van der Waals surface area (Å²) in [6.45, 7) is 0. The van der Waals surface area contributed by atoms with Crippen molar-refractivity contribution in [1.82, 2.24) is 0 Å². The Bertz CT molecular complexity index is 229. The molecule has 74 valence electrons. The molecular weight excluding hydrogens is 180 g/mol. The van der Waals surface area contributed by atoms with Gasteiger partial charge in [0, 0.05) is 0 Å². The average molecular weight is 190 g/mol. The van der Waals surface area contributed by atoms with Gasteiger partial charge in [-0.25, -0.2) is 0 Å². The van der Waals surface area contributed by atoms with Gasteiger partial charge in [0.1, 0.15) is 24.4 Å². The maximum atomic E-state index is 9.37. The molecule has 7 heteroatoms. The molecule has 0 radical (unpaired) electrons. The summed E-state index contributed by atoms with van der Waals surface area (Å²) in [6, 6.07) is 0. The van der Waals surface area contributed by atoms with Crippen molar-refractivity contribution in [1.29, 1.82) is 0 Å². The summed E-state index contributed by atoms with van der Waals surface area (Å²) >= 11 is 0. The Kier molecular flexibility index (Phi) is 2.05. The molecular formula is C6H10N2O5. The van der Waals surface area contributed by atoms with Crippen LogP contribution in [0.25, 0.3) is 0 Å². The molecule has 0 aromatic rings. The van der Waals surface area contributed by atoms with Crippen molar-refractivity contribution in [3.05, 3.63) is 0 Å². The van der Waals surface area contributed by atoms with Crippen molar-refractivity contribution in [2.24, 2.45) is 10.2 Å². The lowest BCUT2D eigenvalue weighted by atomic mass is 9.98. The molecule has 5 atom stereocenters. The Morgan fingerprint density at radius 2 is 1.46 bits per heavy atom. The van der Waals surface area contributed by atoms with E-state index in [1.54, 1.807) is 0 Å². The maximum Gasteiger partial charge on any atom is 0.209 e. The molecule has 2 aliphatic heterocycles. The molecule has 0 aromatic carbocycles. The van der Waals surface area contributed by atoms with Gasteiger partial charge in [-0.3, -0.25) is 0 Å². The topological polar surface area (TPSA) is 115 Å². The van der Waals surface area contributed by atoms with Crippen LogP contribution < -0.4 is 0 Å². The monoisotopic (exact) mass is 190 g/mol. The van der Waals surface area contributed by atoms with Crippen molar-refractivity contribution >= 4 is 0 Å². The molecule has 2 aliphatic rings. The second kappa shape index (κ2) is 2.96. The average Bonchev–Trinajstić information content (AvgIpc) is 2.91. The quantitative estimate of drug-likeness (QED) is 0.367. The van der Waals surface area contributed by atoms with Crippen LogP contribution in [0.4, 0.5) is 0 Å². The van der Waals surface area contributed by atoms with Crippen LogP contribution in [-0.2, 0) is 4.74 Å². The molecule has 0 unspecified atom stereocenters. The number of rotatable bonds is 1. The minimum Gasteiger partial charge on any atom is -0.387 e. The van der Waals surface area contributed by atoms with E-state index in [1.165, 1.54) is 0 Å². The lowest BCUT2D eigenvalue weighted by Gasteiger charge is -2.37.